The van der Waals surface area contributed by atoms with Crippen LogP contribution in [-0.4, -0.2) is 58.7 Å². The average molecular weight is 395 g/mol. The number of esters is 1. The van der Waals surface area contributed by atoms with E-state index in [0.29, 0.717) is 12.2 Å². The van der Waals surface area contributed by atoms with Crippen LogP contribution in [0.5, 0.6) is 0 Å². The van der Waals surface area contributed by atoms with Crippen LogP contribution in [0.3, 0.4) is 0 Å². The van der Waals surface area contributed by atoms with Crippen molar-refractivity contribution in [3.05, 3.63) is 35.9 Å². The number of carbonyl (C=O) groups excluding carboxylic acids is 1. The van der Waals surface area contributed by atoms with Crippen LogP contribution in [0, 0.1) is 0 Å². The highest BCUT2D eigenvalue weighted by Crippen LogP contribution is 2.46. The Hall–Kier alpha value is -1.25. The van der Waals surface area contributed by atoms with Crippen LogP contribution >= 0.6 is 0 Å². The second-order valence-electron chi connectivity index (χ2n) is 8.74. The lowest BCUT2D eigenvalue weighted by atomic mass is 9.88. The molecule has 2 fully saturated rings. The molecule has 2 heterocycles. The molecule has 0 aliphatic carbocycles. The second kappa shape index (κ2) is 7.29. The van der Waals surface area contributed by atoms with Gasteiger partial charge >= 0.3 is 5.97 Å². The smallest absolute Gasteiger partial charge is 0.338 e. The van der Waals surface area contributed by atoms with Gasteiger partial charge in [0.25, 0.3) is 0 Å². The van der Waals surface area contributed by atoms with Crippen molar-refractivity contribution in [2.75, 3.05) is 20.3 Å². The fraction of sp³-hybridized carbons (Fsp3) is 0.650. The molecule has 0 unspecified atom stereocenters. The van der Waals surface area contributed by atoms with Gasteiger partial charge in [-0.3, -0.25) is 0 Å². The molecule has 0 N–H and O–H groups in total. The maximum Gasteiger partial charge on any atom is 0.338 e. The molecule has 2 aliphatic rings. The zero-order valence-corrected chi connectivity index (χ0v) is 18.0. The number of rotatable bonds is 6. The minimum Gasteiger partial charge on any atom is -0.447 e. The fourth-order valence-electron chi connectivity index (χ4n) is 3.10. The van der Waals surface area contributed by atoms with Crippen LogP contribution in [0.15, 0.2) is 30.3 Å². The van der Waals surface area contributed by atoms with Gasteiger partial charge in [-0.15, -0.1) is 0 Å². The van der Waals surface area contributed by atoms with Gasteiger partial charge in [-0.25, -0.2) is 4.79 Å². The molecule has 7 heteroatoms. The summed E-state index contributed by atoms with van der Waals surface area (Å²) in [7, 11) is -0.408. The van der Waals surface area contributed by atoms with Crippen LogP contribution in [0.4, 0.5) is 0 Å². The van der Waals surface area contributed by atoms with Crippen molar-refractivity contribution in [1.29, 1.82) is 0 Å². The highest BCUT2D eigenvalue weighted by molar-refractivity contribution is 6.74. The molecule has 3 rings (SSSR count). The van der Waals surface area contributed by atoms with E-state index in [1.807, 2.05) is 18.2 Å². The Bertz CT molecular complexity index is 671. The Kier molecular flexibility index (Phi) is 5.53. The van der Waals surface area contributed by atoms with Crippen molar-refractivity contribution in [3.8, 4) is 0 Å². The number of hydrogen-bond acceptors (Lipinski definition) is 6. The van der Waals surface area contributed by atoms with Crippen LogP contribution in [0.25, 0.3) is 0 Å². The molecule has 6 nitrogen and oxygen atoms in total. The van der Waals surface area contributed by atoms with Crippen LogP contribution in [0.1, 0.15) is 31.1 Å². The average Bonchev–Trinajstić information content (AvgIpc) is 2.80. The second-order valence-corrected chi connectivity index (χ2v) is 13.6. The van der Waals surface area contributed by atoms with Gasteiger partial charge in [0.15, 0.2) is 26.3 Å². The molecule has 0 saturated carbocycles. The molecule has 150 valence electrons. The highest BCUT2D eigenvalue weighted by atomic mass is 28.4. The summed E-state index contributed by atoms with van der Waals surface area (Å²) in [4.78, 5) is 12.7. The molecule has 2 saturated heterocycles. The third-order valence-electron chi connectivity index (χ3n) is 5.99. The van der Waals surface area contributed by atoms with Gasteiger partial charge in [-0.05, 0) is 30.3 Å². The van der Waals surface area contributed by atoms with E-state index in [9.17, 15) is 4.79 Å². The number of methoxy groups -OCH3 is 1. The van der Waals surface area contributed by atoms with E-state index in [-0.39, 0.29) is 17.6 Å². The normalized spacial score (nSPS) is 30.5. The predicted molar refractivity (Wildman–Crippen MR) is 103 cm³/mol. The van der Waals surface area contributed by atoms with E-state index in [2.05, 4.69) is 33.9 Å². The molecule has 0 amide bonds. The van der Waals surface area contributed by atoms with Crippen molar-refractivity contribution in [2.45, 2.75) is 63.0 Å². The van der Waals surface area contributed by atoms with Crippen molar-refractivity contribution in [1.82, 2.24) is 0 Å². The SMILES string of the molecule is CO[C@H]1O[C@H](CO[Si](C)(C)C(C)(C)C)[C@@]2(OC(=O)c3ccccc3)CO[C@H]12. The fourth-order valence-corrected chi connectivity index (χ4v) is 4.10. The van der Waals surface area contributed by atoms with Crippen LogP contribution < -0.4 is 0 Å². The van der Waals surface area contributed by atoms with Gasteiger partial charge in [-0.2, -0.15) is 0 Å². The summed E-state index contributed by atoms with van der Waals surface area (Å²) in [6, 6.07) is 8.95. The largest absolute Gasteiger partial charge is 0.447 e. The summed E-state index contributed by atoms with van der Waals surface area (Å²) < 4.78 is 29.4. The quantitative estimate of drug-likeness (QED) is 0.544. The number of benzene rings is 1. The van der Waals surface area contributed by atoms with E-state index < -0.39 is 32.4 Å². The maximum atomic E-state index is 12.7. The van der Waals surface area contributed by atoms with Gasteiger partial charge in [0, 0.05) is 7.11 Å². The summed E-state index contributed by atoms with van der Waals surface area (Å²) in [5.74, 6) is -0.387. The van der Waals surface area contributed by atoms with Crippen molar-refractivity contribution >= 4 is 14.3 Å². The third kappa shape index (κ3) is 3.71. The molecule has 1 aromatic rings. The van der Waals surface area contributed by atoms with Crippen molar-refractivity contribution in [2.24, 2.45) is 0 Å². The number of ether oxygens (including phenoxy) is 4. The lowest BCUT2D eigenvalue weighted by Crippen LogP contribution is -2.66. The van der Waals surface area contributed by atoms with Crippen molar-refractivity contribution < 1.29 is 28.2 Å². The minimum absolute atomic E-state index is 0.0790. The van der Waals surface area contributed by atoms with Gasteiger partial charge in [0.05, 0.1) is 18.8 Å². The van der Waals surface area contributed by atoms with Crippen LogP contribution in [0.2, 0.25) is 18.1 Å². The molecular formula is C20H30O6Si. The molecule has 27 heavy (non-hydrogen) atoms. The van der Waals surface area contributed by atoms with E-state index in [0.717, 1.165) is 0 Å². The van der Waals surface area contributed by atoms with Crippen molar-refractivity contribution in [3.63, 3.8) is 0 Å². The van der Waals surface area contributed by atoms with Gasteiger partial charge in [0.1, 0.15) is 6.10 Å². The minimum atomic E-state index is -1.97. The van der Waals surface area contributed by atoms with E-state index in [4.69, 9.17) is 23.4 Å². The standard InChI is InChI=1S/C20H30O6Si/c1-19(2,3)27(5,6)24-12-15-20(13-23-16(20)18(22-4)25-15)26-17(21)14-10-8-7-9-11-14/h7-11,15-16,18H,12-13H2,1-6H3/t15-,16-,18+,20+/m1/s1. The summed E-state index contributed by atoms with van der Waals surface area (Å²) in [5, 5.41) is 0.0790. The number of hydrogen-bond donors (Lipinski definition) is 0. The van der Waals surface area contributed by atoms with Gasteiger partial charge < -0.3 is 23.4 Å². The maximum absolute atomic E-state index is 12.7. The first kappa shape index (κ1) is 20.5. The lowest BCUT2D eigenvalue weighted by molar-refractivity contribution is -0.249. The molecular weight excluding hydrogens is 364 g/mol. The first-order valence-corrected chi connectivity index (χ1v) is 12.2. The van der Waals surface area contributed by atoms with Crippen LogP contribution in [-0.2, 0) is 23.4 Å². The Labute approximate surface area is 162 Å². The molecule has 0 aromatic heterocycles. The number of carbonyl (C=O) groups is 1. The monoisotopic (exact) mass is 394 g/mol. The molecule has 1 aromatic carbocycles. The Morgan fingerprint density at radius 3 is 2.44 bits per heavy atom. The first-order valence-electron chi connectivity index (χ1n) is 9.33. The molecule has 4 atom stereocenters. The summed E-state index contributed by atoms with van der Waals surface area (Å²) >= 11 is 0. The summed E-state index contributed by atoms with van der Waals surface area (Å²) in [6.45, 7) is 11.6. The molecule has 0 radical (unpaired) electrons. The van der Waals surface area contributed by atoms with Gasteiger partial charge in [0.2, 0.25) is 0 Å². The summed E-state index contributed by atoms with van der Waals surface area (Å²) in [5.41, 5.74) is -0.377. The zero-order chi connectivity index (χ0) is 19.9. The summed E-state index contributed by atoms with van der Waals surface area (Å²) in [6.07, 6.45) is -1.44. The predicted octanol–water partition coefficient (Wildman–Crippen LogP) is 3.37. The third-order valence-corrected chi connectivity index (χ3v) is 10.5. The Morgan fingerprint density at radius 1 is 1.26 bits per heavy atom. The Balaban J connectivity index is 1.77. The zero-order valence-electron chi connectivity index (χ0n) is 17.0. The first-order chi connectivity index (χ1) is 12.6. The number of fused-ring (bicyclic) bond motifs is 1. The van der Waals surface area contributed by atoms with E-state index >= 15 is 0 Å². The lowest BCUT2D eigenvalue weighted by Gasteiger charge is -2.46. The van der Waals surface area contributed by atoms with E-state index in [1.165, 1.54) is 0 Å². The molecule has 2 aliphatic heterocycles. The topological polar surface area (TPSA) is 63.2 Å². The van der Waals surface area contributed by atoms with Gasteiger partial charge in [-0.1, -0.05) is 39.0 Å². The van der Waals surface area contributed by atoms with E-state index in [1.54, 1.807) is 19.2 Å². The Morgan fingerprint density at radius 2 is 1.93 bits per heavy atom. The molecule has 0 bridgehead atoms. The highest BCUT2D eigenvalue weighted by Gasteiger charge is 2.67. The molecule has 0 spiro atoms.